The third kappa shape index (κ3) is 3.42. The van der Waals surface area contributed by atoms with Crippen molar-refractivity contribution in [3.05, 3.63) is 54.6 Å². The highest BCUT2D eigenvalue weighted by Gasteiger charge is 2.50. The fraction of sp³-hybridized carbons (Fsp3) is 0.235. The van der Waals surface area contributed by atoms with E-state index in [1.165, 1.54) is 24.3 Å². The number of rotatable bonds is 5. The molecular weight excluding hydrogens is 360 g/mol. The van der Waals surface area contributed by atoms with Gasteiger partial charge in [0.05, 0.1) is 18.1 Å². The first-order chi connectivity index (χ1) is 12.3. The highest BCUT2D eigenvalue weighted by molar-refractivity contribution is 7.89. The van der Waals surface area contributed by atoms with Crippen LogP contribution in [0.5, 0.6) is 11.5 Å². The summed E-state index contributed by atoms with van der Waals surface area (Å²) in [4.78, 5) is 11.5. The number of morpholine rings is 1. The van der Waals surface area contributed by atoms with Gasteiger partial charge in [0, 0.05) is 6.54 Å². The molecule has 1 amide bonds. The fourth-order valence-electron chi connectivity index (χ4n) is 2.56. The van der Waals surface area contributed by atoms with Crippen LogP contribution in [-0.2, 0) is 19.6 Å². The van der Waals surface area contributed by atoms with E-state index in [2.05, 4.69) is 0 Å². The number of ether oxygens (including phenoxy) is 2. The summed E-state index contributed by atoms with van der Waals surface area (Å²) < 4.78 is 37.0. The SMILES string of the molecule is NC(=O)C1(O)COCCN1S(=O)(=O)c1ccc(Oc2ccccc2)cc1. The second kappa shape index (κ2) is 7.04. The molecular formula is C17H18N2O6S. The molecule has 1 aliphatic rings. The van der Waals surface area contributed by atoms with Crippen molar-refractivity contribution < 1.29 is 27.8 Å². The van der Waals surface area contributed by atoms with Crippen molar-refractivity contribution in [1.82, 2.24) is 4.31 Å². The summed E-state index contributed by atoms with van der Waals surface area (Å²) >= 11 is 0. The molecule has 2 aromatic rings. The van der Waals surface area contributed by atoms with Crippen LogP contribution in [0.1, 0.15) is 0 Å². The lowest BCUT2D eigenvalue weighted by Gasteiger charge is -2.39. The number of benzene rings is 2. The van der Waals surface area contributed by atoms with Crippen LogP contribution in [0.15, 0.2) is 59.5 Å². The number of hydrogen-bond donors (Lipinski definition) is 2. The average molecular weight is 378 g/mol. The van der Waals surface area contributed by atoms with E-state index in [4.69, 9.17) is 15.2 Å². The summed E-state index contributed by atoms with van der Waals surface area (Å²) in [7, 11) is -4.16. The highest BCUT2D eigenvalue weighted by atomic mass is 32.2. The van der Waals surface area contributed by atoms with Crippen LogP contribution in [0.3, 0.4) is 0 Å². The molecule has 0 spiro atoms. The van der Waals surface area contributed by atoms with Gasteiger partial charge in [0.15, 0.2) is 0 Å². The first kappa shape index (κ1) is 18.3. The third-order valence-electron chi connectivity index (χ3n) is 3.94. The maximum atomic E-state index is 12.8. The van der Waals surface area contributed by atoms with Gasteiger partial charge >= 0.3 is 0 Å². The number of amides is 1. The van der Waals surface area contributed by atoms with E-state index in [9.17, 15) is 18.3 Å². The second-order valence-electron chi connectivity index (χ2n) is 5.70. The molecule has 1 heterocycles. The first-order valence-corrected chi connectivity index (χ1v) is 9.24. The first-order valence-electron chi connectivity index (χ1n) is 7.80. The molecule has 2 aromatic carbocycles. The molecule has 0 aliphatic carbocycles. The Hall–Kier alpha value is -2.46. The zero-order valence-electron chi connectivity index (χ0n) is 13.7. The lowest BCUT2D eigenvalue weighted by Crippen LogP contribution is -2.65. The van der Waals surface area contributed by atoms with E-state index < -0.39 is 28.3 Å². The van der Waals surface area contributed by atoms with Crippen molar-refractivity contribution in [3.8, 4) is 11.5 Å². The molecule has 0 saturated carbocycles. The second-order valence-corrected chi connectivity index (χ2v) is 7.56. The van der Waals surface area contributed by atoms with Gasteiger partial charge in [-0.25, -0.2) is 8.42 Å². The van der Waals surface area contributed by atoms with Gasteiger partial charge in [-0.3, -0.25) is 4.79 Å². The van der Waals surface area contributed by atoms with Crippen molar-refractivity contribution in [2.75, 3.05) is 19.8 Å². The molecule has 138 valence electrons. The van der Waals surface area contributed by atoms with Crippen molar-refractivity contribution in [1.29, 1.82) is 0 Å². The lowest BCUT2D eigenvalue weighted by atomic mass is 10.2. The Kier molecular flexibility index (Phi) is 4.97. The molecule has 3 rings (SSSR count). The van der Waals surface area contributed by atoms with Gasteiger partial charge in [0.2, 0.25) is 15.7 Å². The zero-order chi connectivity index (χ0) is 18.8. The molecule has 0 bridgehead atoms. The van der Waals surface area contributed by atoms with Crippen molar-refractivity contribution >= 4 is 15.9 Å². The van der Waals surface area contributed by atoms with Gasteiger partial charge in [-0.1, -0.05) is 18.2 Å². The summed E-state index contributed by atoms with van der Waals surface area (Å²) in [6, 6.07) is 14.7. The van der Waals surface area contributed by atoms with Crippen LogP contribution in [0.25, 0.3) is 0 Å². The van der Waals surface area contributed by atoms with Crippen LogP contribution in [0.2, 0.25) is 0 Å². The molecule has 1 aliphatic heterocycles. The third-order valence-corrected chi connectivity index (χ3v) is 5.87. The number of nitrogens with zero attached hydrogens (tertiary/aromatic N) is 1. The largest absolute Gasteiger partial charge is 0.457 e. The molecule has 1 unspecified atom stereocenters. The Bertz CT molecular complexity index is 885. The summed E-state index contributed by atoms with van der Waals surface area (Å²) in [5, 5.41) is 10.4. The minimum Gasteiger partial charge on any atom is -0.457 e. The van der Waals surface area contributed by atoms with E-state index in [0.717, 1.165) is 0 Å². The van der Waals surface area contributed by atoms with Crippen molar-refractivity contribution in [2.24, 2.45) is 5.73 Å². The van der Waals surface area contributed by atoms with Gasteiger partial charge in [-0.2, -0.15) is 4.31 Å². The van der Waals surface area contributed by atoms with Gasteiger partial charge in [-0.15, -0.1) is 0 Å². The van der Waals surface area contributed by atoms with E-state index in [-0.39, 0.29) is 18.0 Å². The van der Waals surface area contributed by atoms with Gasteiger partial charge in [0.25, 0.3) is 5.91 Å². The minimum atomic E-state index is -4.16. The topological polar surface area (TPSA) is 119 Å². The highest BCUT2D eigenvalue weighted by Crippen LogP contribution is 2.28. The van der Waals surface area contributed by atoms with Crippen LogP contribution in [0, 0.1) is 0 Å². The van der Waals surface area contributed by atoms with Crippen LogP contribution < -0.4 is 10.5 Å². The van der Waals surface area contributed by atoms with Crippen LogP contribution in [0.4, 0.5) is 0 Å². The van der Waals surface area contributed by atoms with Gasteiger partial charge in [-0.05, 0) is 36.4 Å². The summed E-state index contributed by atoms with van der Waals surface area (Å²) in [6.45, 7) is -0.662. The molecule has 1 atom stereocenters. The van der Waals surface area contributed by atoms with Crippen LogP contribution in [-0.4, -0.2) is 49.2 Å². The Morgan fingerprint density at radius 3 is 2.35 bits per heavy atom. The summed E-state index contributed by atoms with van der Waals surface area (Å²) in [5.41, 5.74) is 2.76. The maximum Gasteiger partial charge on any atom is 0.268 e. The normalized spacial score (nSPS) is 21.3. The number of sulfonamides is 1. The number of hydrogen-bond acceptors (Lipinski definition) is 6. The van der Waals surface area contributed by atoms with E-state index >= 15 is 0 Å². The number of para-hydroxylation sites is 1. The quantitative estimate of drug-likeness (QED) is 0.789. The maximum absolute atomic E-state index is 12.8. The zero-order valence-corrected chi connectivity index (χ0v) is 14.6. The monoisotopic (exact) mass is 378 g/mol. The predicted octanol–water partition coefficient (Wildman–Crippen LogP) is 0.674. The molecule has 1 fully saturated rings. The number of aliphatic hydroxyl groups is 1. The molecule has 0 radical (unpaired) electrons. The smallest absolute Gasteiger partial charge is 0.268 e. The molecule has 26 heavy (non-hydrogen) atoms. The number of carbonyl (C=O) groups excluding carboxylic acids is 1. The number of nitrogens with two attached hydrogens (primary N) is 1. The Morgan fingerprint density at radius 2 is 1.73 bits per heavy atom. The molecule has 1 saturated heterocycles. The van der Waals surface area contributed by atoms with E-state index in [1.54, 1.807) is 12.1 Å². The molecule has 3 N–H and O–H groups in total. The fourth-order valence-corrected chi connectivity index (χ4v) is 4.15. The predicted molar refractivity (Wildman–Crippen MR) is 91.8 cm³/mol. The summed E-state index contributed by atoms with van der Waals surface area (Å²) in [6.07, 6.45) is 0. The van der Waals surface area contributed by atoms with Crippen molar-refractivity contribution in [2.45, 2.75) is 10.6 Å². The number of primary amides is 1. The average Bonchev–Trinajstić information content (AvgIpc) is 2.63. The Morgan fingerprint density at radius 1 is 1.12 bits per heavy atom. The summed E-state index contributed by atoms with van der Waals surface area (Å²) in [5.74, 6) is -0.133. The number of carbonyl (C=O) groups is 1. The standard InChI is InChI=1S/C17H18N2O6S/c18-16(20)17(21)12-24-11-10-19(17)26(22,23)15-8-6-14(7-9-15)25-13-4-2-1-3-5-13/h1-9,21H,10-12H2,(H2,18,20). The Balaban J connectivity index is 1.86. The van der Waals surface area contributed by atoms with Crippen LogP contribution >= 0.6 is 0 Å². The minimum absolute atomic E-state index is 0.0457. The van der Waals surface area contributed by atoms with Crippen molar-refractivity contribution in [3.63, 3.8) is 0 Å². The van der Waals surface area contributed by atoms with E-state index in [1.807, 2.05) is 18.2 Å². The van der Waals surface area contributed by atoms with Gasteiger partial charge < -0.3 is 20.3 Å². The van der Waals surface area contributed by atoms with Gasteiger partial charge in [0.1, 0.15) is 11.5 Å². The Labute approximate surface area is 150 Å². The molecule has 8 nitrogen and oxygen atoms in total. The van der Waals surface area contributed by atoms with E-state index in [0.29, 0.717) is 15.8 Å². The molecule has 0 aromatic heterocycles. The lowest BCUT2D eigenvalue weighted by molar-refractivity contribution is -0.175. The molecule has 9 heteroatoms.